The Kier molecular flexibility index (Phi) is 9.91. The molecule has 1 aliphatic carbocycles. The van der Waals surface area contributed by atoms with Gasteiger partial charge in [0.25, 0.3) is 0 Å². The molecule has 6 rings (SSSR count). The molecule has 2 N–H and O–H groups in total. The van der Waals surface area contributed by atoms with Crippen molar-refractivity contribution in [2.45, 2.75) is 77.2 Å². The van der Waals surface area contributed by atoms with Crippen LogP contribution >= 0.6 is 0 Å². The zero-order chi connectivity index (χ0) is 33.8. The fourth-order valence-corrected chi connectivity index (χ4v) is 6.67. The van der Waals surface area contributed by atoms with Gasteiger partial charge >= 0.3 is 12.1 Å². The molecule has 48 heavy (non-hydrogen) atoms. The van der Waals surface area contributed by atoms with Crippen molar-refractivity contribution in [1.29, 1.82) is 0 Å². The van der Waals surface area contributed by atoms with E-state index in [1.54, 1.807) is 7.11 Å². The predicted octanol–water partition coefficient (Wildman–Crippen LogP) is 5.76. The van der Waals surface area contributed by atoms with E-state index >= 15 is 0 Å². The number of benzene rings is 2. The van der Waals surface area contributed by atoms with Crippen LogP contribution in [0, 0.1) is 0 Å². The summed E-state index contributed by atoms with van der Waals surface area (Å²) in [6.07, 6.45) is 4.32. The van der Waals surface area contributed by atoms with Gasteiger partial charge in [-0.3, -0.25) is 4.90 Å². The summed E-state index contributed by atoms with van der Waals surface area (Å²) in [6.45, 7) is 10.4. The van der Waals surface area contributed by atoms with Crippen LogP contribution in [0.4, 0.5) is 32.7 Å². The number of amides is 3. The Labute approximate surface area is 283 Å². The Bertz CT molecular complexity index is 1580. The van der Waals surface area contributed by atoms with Crippen LogP contribution in [-0.4, -0.2) is 89.9 Å². The first-order valence-electron chi connectivity index (χ1n) is 16.9. The lowest BCUT2D eigenvalue weighted by Gasteiger charge is -2.42. The smallest absolute Gasteiger partial charge is 0.407 e. The van der Waals surface area contributed by atoms with Gasteiger partial charge in [0, 0.05) is 68.3 Å². The first kappa shape index (κ1) is 33.3. The number of rotatable bonds is 8. The minimum atomic E-state index is -0.560. The molecule has 0 atom stereocenters. The van der Waals surface area contributed by atoms with Crippen LogP contribution in [0.3, 0.4) is 0 Å². The number of hydrogen-bond acceptors (Lipinski definition) is 9. The fraction of sp³-hybridized carbons (Fsp3) is 0.500. The third-order valence-corrected chi connectivity index (χ3v) is 9.21. The second-order valence-corrected chi connectivity index (χ2v) is 14.0. The lowest BCUT2D eigenvalue weighted by molar-refractivity contribution is 0.0490. The molecule has 12 nitrogen and oxygen atoms in total. The van der Waals surface area contributed by atoms with E-state index in [2.05, 4.69) is 38.5 Å². The molecule has 3 aromatic rings. The molecular weight excluding hydrogens is 608 g/mol. The Morgan fingerprint density at radius 3 is 2.42 bits per heavy atom. The van der Waals surface area contributed by atoms with Gasteiger partial charge in [0.15, 0.2) is 0 Å². The highest BCUT2D eigenvalue weighted by Crippen LogP contribution is 2.36. The van der Waals surface area contributed by atoms with Gasteiger partial charge in [0.05, 0.1) is 19.3 Å². The predicted molar refractivity (Wildman–Crippen MR) is 187 cm³/mol. The summed E-state index contributed by atoms with van der Waals surface area (Å²) >= 11 is 0. The van der Waals surface area contributed by atoms with Crippen LogP contribution in [0.25, 0.3) is 0 Å². The maximum atomic E-state index is 14.2. The van der Waals surface area contributed by atoms with Gasteiger partial charge < -0.3 is 34.8 Å². The summed E-state index contributed by atoms with van der Waals surface area (Å²) in [7, 11) is 3.81. The molecule has 3 aliphatic rings. The number of alkyl carbamates (subject to hydrolysis) is 1. The molecule has 2 aliphatic heterocycles. The summed E-state index contributed by atoms with van der Waals surface area (Å²) in [5, 5.41) is 6.38. The summed E-state index contributed by atoms with van der Waals surface area (Å²) in [4.78, 5) is 44.7. The van der Waals surface area contributed by atoms with Crippen LogP contribution in [0.5, 0.6) is 5.75 Å². The van der Waals surface area contributed by atoms with E-state index in [1.165, 1.54) is 0 Å². The molecule has 256 valence electrons. The van der Waals surface area contributed by atoms with Crippen LogP contribution in [0.2, 0.25) is 0 Å². The number of piperazine rings is 1. The van der Waals surface area contributed by atoms with Crippen molar-refractivity contribution in [3.05, 3.63) is 65.9 Å². The number of nitrogens with zero attached hydrogens (tertiary/aromatic N) is 6. The number of carbonyl (C=O) groups is 2. The second kappa shape index (κ2) is 14.3. The van der Waals surface area contributed by atoms with Gasteiger partial charge in [-0.05, 0) is 71.2 Å². The SMILES string of the molecule is COc1cc(N2CCN(C)CC2)ccc1Nc1ncc2c(n1)N(C1CCC(NC(=O)OC(C)(C)C)CC1)C(=O)N(Cc1ccccc1)C2. The third-order valence-electron chi connectivity index (χ3n) is 9.21. The van der Waals surface area contributed by atoms with Crippen molar-refractivity contribution in [3.63, 3.8) is 0 Å². The second-order valence-electron chi connectivity index (χ2n) is 14.0. The molecule has 0 bridgehead atoms. The molecule has 1 saturated heterocycles. The maximum absolute atomic E-state index is 14.2. The van der Waals surface area contributed by atoms with Crippen molar-refractivity contribution in [3.8, 4) is 5.75 Å². The van der Waals surface area contributed by atoms with Crippen molar-refractivity contribution in [2.24, 2.45) is 0 Å². The summed E-state index contributed by atoms with van der Waals surface area (Å²) in [5.74, 6) is 1.72. The largest absolute Gasteiger partial charge is 0.494 e. The van der Waals surface area contributed by atoms with Gasteiger partial charge in [-0.15, -0.1) is 0 Å². The van der Waals surface area contributed by atoms with Crippen LogP contribution in [0.15, 0.2) is 54.7 Å². The molecule has 3 heterocycles. The van der Waals surface area contributed by atoms with E-state index in [4.69, 9.17) is 14.5 Å². The van der Waals surface area contributed by atoms with Crippen LogP contribution < -0.4 is 25.2 Å². The quantitative estimate of drug-likeness (QED) is 0.312. The van der Waals surface area contributed by atoms with Gasteiger partial charge in [0.2, 0.25) is 5.95 Å². The number of aromatic nitrogens is 2. The average molecular weight is 657 g/mol. The number of methoxy groups -OCH3 is 1. The third kappa shape index (κ3) is 7.92. The summed E-state index contributed by atoms with van der Waals surface area (Å²) in [6, 6.07) is 16.0. The Hall–Kier alpha value is -4.58. The number of ether oxygens (including phenoxy) is 2. The van der Waals surface area contributed by atoms with Crippen LogP contribution in [-0.2, 0) is 17.8 Å². The summed E-state index contributed by atoms with van der Waals surface area (Å²) in [5.41, 5.74) is 3.26. The number of nitrogens with one attached hydrogen (secondary N) is 2. The Morgan fingerprint density at radius 1 is 1.00 bits per heavy atom. The fourth-order valence-electron chi connectivity index (χ4n) is 6.67. The normalized spacial score (nSPS) is 20.3. The maximum Gasteiger partial charge on any atom is 0.407 e. The van der Waals surface area contributed by atoms with Crippen molar-refractivity contribution in [2.75, 3.05) is 55.5 Å². The van der Waals surface area contributed by atoms with Gasteiger partial charge in [0.1, 0.15) is 17.2 Å². The Balaban J connectivity index is 1.22. The minimum absolute atomic E-state index is 0.0141. The molecule has 2 aromatic carbocycles. The number of fused-ring (bicyclic) bond motifs is 1. The molecule has 3 amide bonds. The lowest BCUT2D eigenvalue weighted by Crippen LogP contribution is -2.54. The molecule has 0 radical (unpaired) electrons. The van der Waals surface area contributed by atoms with E-state index in [1.807, 2.05) is 79.2 Å². The van der Waals surface area contributed by atoms with E-state index in [0.717, 1.165) is 74.4 Å². The van der Waals surface area contributed by atoms with E-state index < -0.39 is 11.7 Å². The number of hydrogen-bond donors (Lipinski definition) is 2. The van der Waals surface area contributed by atoms with Gasteiger partial charge in [-0.2, -0.15) is 4.98 Å². The van der Waals surface area contributed by atoms with Crippen molar-refractivity contribution >= 4 is 35.3 Å². The number of urea groups is 1. The van der Waals surface area contributed by atoms with Gasteiger partial charge in [-0.25, -0.2) is 14.6 Å². The number of carbonyl (C=O) groups excluding carboxylic acids is 2. The molecule has 1 saturated carbocycles. The molecular formula is C36H48N8O4. The molecule has 0 spiro atoms. The minimum Gasteiger partial charge on any atom is -0.494 e. The van der Waals surface area contributed by atoms with Crippen LogP contribution in [0.1, 0.15) is 57.6 Å². The number of anilines is 4. The zero-order valence-corrected chi connectivity index (χ0v) is 28.7. The standard InChI is InChI=1S/C36H48N8O4/c1-36(2,3)48-34(45)38-27-11-13-28(14-12-27)44-32-26(24-43(35(44)46)23-25-9-7-6-8-10-25)22-37-33(40-32)39-30-16-15-29(21-31(30)47-5)42-19-17-41(4)18-20-42/h6-10,15-16,21-22,27-28H,11-14,17-20,23-24H2,1-5H3,(H,38,45)(H,37,39,40). The molecule has 12 heteroatoms. The highest BCUT2D eigenvalue weighted by molar-refractivity contribution is 5.94. The first-order chi connectivity index (χ1) is 23.1. The van der Waals surface area contributed by atoms with Gasteiger partial charge in [-0.1, -0.05) is 30.3 Å². The van der Waals surface area contributed by atoms with E-state index in [0.29, 0.717) is 30.6 Å². The molecule has 2 fully saturated rings. The Morgan fingerprint density at radius 2 is 1.73 bits per heavy atom. The van der Waals surface area contributed by atoms with E-state index in [9.17, 15) is 9.59 Å². The lowest BCUT2D eigenvalue weighted by atomic mass is 9.89. The first-order valence-corrected chi connectivity index (χ1v) is 16.9. The number of likely N-dealkylation sites (N-methyl/N-ethyl adjacent to an activating group) is 1. The zero-order valence-electron chi connectivity index (χ0n) is 28.7. The van der Waals surface area contributed by atoms with Crippen molar-refractivity contribution in [1.82, 2.24) is 25.1 Å². The topological polar surface area (TPSA) is 115 Å². The monoisotopic (exact) mass is 656 g/mol. The highest BCUT2D eigenvalue weighted by Gasteiger charge is 2.39. The highest BCUT2D eigenvalue weighted by atomic mass is 16.6. The van der Waals surface area contributed by atoms with Crippen molar-refractivity contribution < 1.29 is 19.1 Å². The molecule has 1 aromatic heterocycles. The van der Waals surface area contributed by atoms with E-state index in [-0.39, 0.29) is 18.1 Å². The average Bonchev–Trinajstić information content (AvgIpc) is 3.06. The summed E-state index contributed by atoms with van der Waals surface area (Å²) < 4.78 is 11.3. The molecule has 0 unspecified atom stereocenters.